The van der Waals surface area contributed by atoms with E-state index in [0.717, 1.165) is 77.5 Å². The molecule has 46 heavy (non-hydrogen) atoms. The second-order valence-electron chi connectivity index (χ2n) is 11.4. The number of anilines is 3. The molecule has 0 aliphatic rings. The summed E-state index contributed by atoms with van der Waals surface area (Å²) in [5.41, 5.74) is 8.61. The van der Waals surface area contributed by atoms with E-state index >= 15 is 0 Å². The van der Waals surface area contributed by atoms with Gasteiger partial charge in [-0.15, -0.1) is 0 Å². The van der Waals surface area contributed by atoms with Gasteiger partial charge in [0.1, 0.15) is 11.2 Å². The molecule has 0 unspecified atom stereocenters. The zero-order valence-corrected chi connectivity index (χ0v) is 24.8. The lowest BCUT2D eigenvalue weighted by Gasteiger charge is -2.27. The molecule has 0 saturated heterocycles. The first-order valence-corrected chi connectivity index (χ1v) is 15.4. The molecule has 0 radical (unpaired) electrons. The topological polar surface area (TPSA) is 42.2 Å². The fourth-order valence-electron chi connectivity index (χ4n) is 6.56. The predicted molar refractivity (Wildman–Crippen MR) is 190 cm³/mol. The normalized spacial score (nSPS) is 11.5. The number of hydrogen-bond donors (Lipinski definition) is 0. The molecule has 0 amide bonds. The molecule has 0 spiro atoms. The zero-order valence-electron chi connectivity index (χ0n) is 24.8. The lowest BCUT2D eigenvalue weighted by atomic mass is 10.0. The predicted octanol–water partition coefficient (Wildman–Crippen LogP) is 11.5. The van der Waals surface area contributed by atoms with Gasteiger partial charge in [-0.05, 0) is 42.5 Å². The number of furan rings is 1. The van der Waals surface area contributed by atoms with Gasteiger partial charge in [-0.2, -0.15) is 0 Å². The van der Waals surface area contributed by atoms with Crippen molar-refractivity contribution in [3.63, 3.8) is 0 Å². The number of nitrogens with zero attached hydrogens (tertiary/aromatic N) is 3. The summed E-state index contributed by atoms with van der Waals surface area (Å²) in [6, 6.07) is 56.6. The van der Waals surface area contributed by atoms with Crippen molar-refractivity contribution in [2.45, 2.75) is 0 Å². The Bertz CT molecular complexity index is 2480. The van der Waals surface area contributed by atoms with Crippen molar-refractivity contribution < 1.29 is 4.42 Å². The van der Waals surface area contributed by atoms with Gasteiger partial charge in [0.15, 0.2) is 5.82 Å². The summed E-state index contributed by atoms with van der Waals surface area (Å²) in [4.78, 5) is 12.6. The van der Waals surface area contributed by atoms with Gasteiger partial charge in [-0.3, -0.25) is 0 Å². The zero-order chi connectivity index (χ0) is 30.5. The Balaban J connectivity index is 1.33. The van der Waals surface area contributed by atoms with Crippen molar-refractivity contribution in [1.29, 1.82) is 0 Å². The second-order valence-corrected chi connectivity index (χ2v) is 11.4. The van der Waals surface area contributed by atoms with E-state index < -0.39 is 0 Å². The maximum atomic E-state index is 6.86. The minimum Gasteiger partial charge on any atom is -0.455 e. The van der Waals surface area contributed by atoms with Crippen LogP contribution in [-0.2, 0) is 0 Å². The highest BCUT2D eigenvalue weighted by molar-refractivity contribution is 6.21. The van der Waals surface area contributed by atoms with Gasteiger partial charge >= 0.3 is 0 Å². The first-order valence-electron chi connectivity index (χ1n) is 15.4. The van der Waals surface area contributed by atoms with Gasteiger partial charge in [0, 0.05) is 43.9 Å². The van der Waals surface area contributed by atoms with E-state index in [2.05, 4.69) is 132 Å². The quantitative estimate of drug-likeness (QED) is 0.200. The molecule has 216 valence electrons. The molecule has 0 aliphatic carbocycles. The van der Waals surface area contributed by atoms with Crippen LogP contribution in [0.3, 0.4) is 0 Å². The van der Waals surface area contributed by atoms with Crippen molar-refractivity contribution in [3.05, 3.63) is 164 Å². The smallest absolute Gasteiger partial charge is 0.164 e. The van der Waals surface area contributed by atoms with Crippen LogP contribution >= 0.6 is 0 Å². The van der Waals surface area contributed by atoms with Gasteiger partial charge in [0.25, 0.3) is 0 Å². The molecule has 0 aliphatic heterocycles. The molecule has 0 saturated carbocycles. The van der Waals surface area contributed by atoms with Crippen LogP contribution in [0.1, 0.15) is 0 Å². The molecule has 7 aromatic carbocycles. The lowest BCUT2D eigenvalue weighted by Crippen LogP contribution is -2.10. The van der Waals surface area contributed by atoms with Crippen molar-refractivity contribution in [3.8, 4) is 22.6 Å². The minimum atomic E-state index is 0.641. The van der Waals surface area contributed by atoms with Crippen LogP contribution in [0.5, 0.6) is 0 Å². The van der Waals surface area contributed by atoms with Crippen LogP contribution in [0.15, 0.2) is 168 Å². The summed E-state index contributed by atoms with van der Waals surface area (Å²) >= 11 is 0. The SMILES string of the molecule is c1ccc(-c2nc(-c3cccc4c3oc3c5ccccc5c(N(c5ccccc5)c5ccccc5)cc43)nc3ccccc23)cc1. The number of para-hydroxylation sites is 4. The Morgan fingerprint density at radius 3 is 1.72 bits per heavy atom. The van der Waals surface area contributed by atoms with E-state index in [1.54, 1.807) is 0 Å². The van der Waals surface area contributed by atoms with E-state index in [4.69, 9.17) is 14.4 Å². The molecule has 2 heterocycles. The Morgan fingerprint density at radius 1 is 0.435 bits per heavy atom. The third-order valence-electron chi connectivity index (χ3n) is 8.64. The van der Waals surface area contributed by atoms with Crippen LogP contribution in [0.4, 0.5) is 17.1 Å². The fourth-order valence-corrected chi connectivity index (χ4v) is 6.56. The molecule has 0 bridgehead atoms. The average molecular weight is 590 g/mol. The number of hydrogen-bond acceptors (Lipinski definition) is 4. The van der Waals surface area contributed by atoms with Crippen molar-refractivity contribution in [2.75, 3.05) is 4.90 Å². The van der Waals surface area contributed by atoms with E-state index in [9.17, 15) is 0 Å². The molecule has 9 rings (SSSR count). The van der Waals surface area contributed by atoms with Crippen LogP contribution in [-0.4, -0.2) is 9.97 Å². The summed E-state index contributed by atoms with van der Waals surface area (Å²) < 4.78 is 6.86. The third kappa shape index (κ3) is 4.23. The maximum Gasteiger partial charge on any atom is 0.164 e. The molecular formula is C42H27N3O. The van der Waals surface area contributed by atoms with Gasteiger partial charge in [0.2, 0.25) is 0 Å². The lowest BCUT2D eigenvalue weighted by molar-refractivity contribution is 0.673. The highest BCUT2D eigenvalue weighted by Crippen LogP contribution is 2.45. The van der Waals surface area contributed by atoms with Crippen LogP contribution in [0, 0.1) is 0 Å². The number of fused-ring (bicyclic) bond motifs is 6. The first-order chi connectivity index (χ1) is 22.8. The summed E-state index contributed by atoms with van der Waals surface area (Å²) in [6.45, 7) is 0. The minimum absolute atomic E-state index is 0.641. The van der Waals surface area contributed by atoms with E-state index in [1.165, 1.54) is 0 Å². The molecule has 4 nitrogen and oxygen atoms in total. The molecule has 0 fully saturated rings. The average Bonchev–Trinajstić information content (AvgIpc) is 3.52. The molecular weight excluding hydrogens is 562 g/mol. The summed E-state index contributed by atoms with van der Waals surface area (Å²) in [5, 5.41) is 5.26. The number of rotatable bonds is 5. The molecule has 0 N–H and O–H groups in total. The van der Waals surface area contributed by atoms with E-state index in [-0.39, 0.29) is 0 Å². The van der Waals surface area contributed by atoms with E-state index in [1.807, 2.05) is 36.4 Å². The molecule has 9 aromatic rings. The highest BCUT2D eigenvalue weighted by Gasteiger charge is 2.22. The van der Waals surface area contributed by atoms with Crippen LogP contribution in [0.2, 0.25) is 0 Å². The fraction of sp³-hybridized carbons (Fsp3) is 0. The second kappa shape index (κ2) is 10.7. The highest BCUT2D eigenvalue weighted by atomic mass is 16.3. The Morgan fingerprint density at radius 2 is 1.00 bits per heavy atom. The first kappa shape index (κ1) is 26.2. The van der Waals surface area contributed by atoms with Gasteiger partial charge in [-0.25, -0.2) is 9.97 Å². The van der Waals surface area contributed by atoms with E-state index in [0.29, 0.717) is 5.82 Å². The van der Waals surface area contributed by atoms with Crippen molar-refractivity contribution >= 4 is 60.7 Å². The largest absolute Gasteiger partial charge is 0.455 e. The Kier molecular flexibility index (Phi) is 6.10. The number of benzene rings is 7. The number of aromatic nitrogens is 2. The maximum absolute atomic E-state index is 6.86. The van der Waals surface area contributed by atoms with Crippen molar-refractivity contribution in [2.24, 2.45) is 0 Å². The van der Waals surface area contributed by atoms with Crippen molar-refractivity contribution in [1.82, 2.24) is 9.97 Å². The third-order valence-corrected chi connectivity index (χ3v) is 8.64. The monoisotopic (exact) mass is 589 g/mol. The summed E-state index contributed by atoms with van der Waals surface area (Å²) in [5.74, 6) is 0.641. The Labute approximate surface area is 265 Å². The van der Waals surface area contributed by atoms with Gasteiger partial charge < -0.3 is 9.32 Å². The van der Waals surface area contributed by atoms with Gasteiger partial charge in [-0.1, -0.05) is 121 Å². The summed E-state index contributed by atoms with van der Waals surface area (Å²) in [7, 11) is 0. The molecule has 0 atom stereocenters. The Hall–Kier alpha value is -6.26. The van der Waals surface area contributed by atoms with Gasteiger partial charge in [0.05, 0.1) is 22.5 Å². The molecule has 2 aromatic heterocycles. The van der Waals surface area contributed by atoms with Crippen LogP contribution in [0.25, 0.3) is 66.3 Å². The molecule has 4 heteroatoms. The van der Waals surface area contributed by atoms with Crippen LogP contribution < -0.4 is 4.90 Å². The standard InChI is InChI=1S/C42H27N3O/c1-4-15-28(16-5-1)39-34-23-12-13-26-37(34)43-42(44-39)35-25-14-24-33-36-27-38(31-21-10-11-22-32(31)41(36)46-40(33)35)45(29-17-6-2-7-18-29)30-19-8-3-9-20-30/h1-27H. The summed E-state index contributed by atoms with van der Waals surface area (Å²) in [6.07, 6.45) is 0.